The molecule has 3 fully saturated rings. The molecule has 3 saturated carbocycles. The Hall–Kier alpha value is -7.65. The predicted molar refractivity (Wildman–Crippen MR) is 407 cm³/mol. The Balaban J connectivity index is 0.000000145. The van der Waals surface area contributed by atoms with Gasteiger partial charge in [-0.15, -0.1) is 34.0 Å². The number of nitrogens with two attached hydrogens (primary N) is 3. The Morgan fingerprint density at radius 3 is 1.63 bits per heavy atom. The molecule has 3 aliphatic heterocycles. The molecule has 7 aromatic heterocycles. The third kappa shape index (κ3) is 19.2. The average molecular weight is 1660 g/mol. The zero-order valence-corrected chi connectivity index (χ0v) is 65.4. The van der Waals surface area contributed by atoms with Crippen LogP contribution in [-0.2, 0) is 72.6 Å². The van der Waals surface area contributed by atoms with Gasteiger partial charge in [-0.25, -0.2) is 50.3 Å². The van der Waals surface area contributed by atoms with Crippen molar-refractivity contribution in [2.45, 2.75) is 127 Å². The molecule has 40 heteroatoms. The molecule has 3 unspecified atom stereocenters. The summed E-state index contributed by atoms with van der Waals surface area (Å²) in [5.74, 6) is -0.173. The molecule has 12 N–H and O–H groups in total. The lowest BCUT2D eigenvalue weighted by Gasteiger charge is -2.24. The van der Waals surface area contributed by atoms with Crippen LogP contribution in [0.15, 0.2) is 110 Å². The summed E-state index contributed by atoms with van der Waals surface area (Å²) in [6.45, 7) is 5.82. The number of hydrogen-bond donors (Lipinski definition) is 9. The fourth-order valence-corrected chi connectivity index (χ4v) is 19.1. The Labute approximate surface area is 654 Å². The van der Waals surface area contributed by atoms with Crippen molar-refractivity contribution in [3.8, 4) is 0 Å². The molecule has 15 rings (SSSR count). The summed E-state index contributed by atoms with van der Waals surface area (Å²) in [6.07, 6.45) is 9.50. The molecular formula is C70H77Cl2N15O17S6. The standard InChI is InChI=1S/C24H27N5O5S2.C23H22Cl2N4O6S2.C23H28N6O6S2/c1-29-10-14-4-2-3-5-18(14)22(29)16-7-21(35-12-16)23(31)19-9-26-13-27-24(19)28-17-6-15(20(30)8-17)11-34-36(25,32)33;24-13-2-1-11-8-34-21(15(11)4-13)16-6-19(36-22(16)25)20(31)17-7-27-10-28-23(17)29-14-3-12(18(30)5-14)9-35-37(26,32)33;1-12-9-29-3-4-34-21(23(29)27-12)16-7-19(36-13(16)2)20(31)17-8-25-11-26-22(17)28-15-5-14(18(30)6-15)10-35-37(24,32)33/h2-5,7,9,12-13,15,17,20,22,30H,6,8,10-11H2,1H3,(H2,25,32,33)(H,26,27,28);1-2,4,6-7,10,12,14,18,21,30H,3,5,8-9H2,(H2,26,32,33)(H,27,28,29);7-9,11,14-15,18,21,30H,3-6,10H2,1-2H3,(H2,24,32,33)(H,25,26,28)/t15-,17-,20+,22?;12-,14-,18+,21?;14-,15-,18+,21?/m111/s1. The number of halogens is 2. The number of aromatic nitrogens is 8. The van der Waals surface area contributed by atoms with E-state index in [0.717, 1.165) is 63.1 Å². The number of rotatable bonds is 24. The van der Waals surface area contributed by atoms with Gasteiger partial charge in [-0.1, -0.05) is 53.5 Å². The predicted octanol–water partition coefficient (Wildman–Crippen LogP) is 7.02. The minimum Gasteiger partial charge on any atom is -0.393 e. The zero-order chi connectivity index (χ0) is 78.1. The average Bonchev–Trinajstić information content (AvgIpc) is 1.64. The first-order valence-corrected chi connectivity index (χ1v) is 42.3. The van der Waals surface area contributed by atoms with Gasteiger partial charge < -0.3 is 45.3 Å². The van der Waals surface area contributed by atoms with E-state index in [9.17, 15) is 55.0 Å². The van der Waals surface area contributed by atoms with Crippen molar-refractivity contribution in [2.24, 2.45) is 33.2 Å². The van der Waals surface area contributed by atoms with E-state index in [-0.39, 0.29) is 73.0 Å². The first kappa shape index (κ1) is 80.4. The van der Waals surface area contributed by atoms with Crippen molar-refractivity contribution in [1.29, 1.82) is 0 Å². The van der Waals surface area contributed by atoms with Crippen LogP contribution in [0.2, 0.25) is 9.36 Å². The van der Waals surface area contributed by atoms with Crippen LogP contribution in [0.1, 0.15) is 158 Å². The fourth-order valence-electron chi connectivity index (χ4n) is 14.7. The highest BCUT2D eigenvalue weighted by molar-refractivity contribution is 7.84. The molecule has 12 atom stereocenters. The third-order valence-corrected chi connectivity index (χ3v) is 24.9. The van der Waals surface area contributed by atoms with E-state index in [1.807, 2.05) is 61.8 Å². The molecule has 0 saturated heterocycles. The van der Waals surface area contributed by atoms with E-state index in [1.54, 1.807) is 12.1 Å². The Morgan fingerprint density at radius 2 is 1.10 bits per heavy atom. The van der Waals surface area contributed by atoms with Crippen LogP contribution in [0.3, 0.4) is 0 Å². The fraction of sp³-hybridized carbons (Fsp3) is 0.400. The number of ketones is 3. The minimum atomic E-state index is -4.11. The number of aryl methyl sites for hydroxylation is 2. The van der Waals surface area contributed by atoms with Crippen LogP contribution < -0.4 is 31.4 Å². The number of anilines is 3. The molecule has 10 heterocycles. The van der Waals surface area contributed by atoms with Crippen molar-refractivity contribution in [1.82, 2.24) is 44.4 Å². The Kier molecular flexibility index (Phi) is 24.8. The summed E-state index contributed by atoms with van der Waals surface area (Å²) in [4.78, 5) is 74.8. The number of aliphatic hydroxyl groups excluding tert-OH is 3. The molecule has 584 valence electrons. The molecule has 2 aromatic carbocycles. The highest BCUT2D eigenvalue weighted by Gasteiger charge is 2.40. The van der Waals surface area contributed by atoms with Crippen LogP contribution in [0.5, 0.6) is 0 Å². The van der Waals surface area contributed by atoms with E-state index in [0.29, 0.717) is 110 Å². The Bertz CT molecular complexity index is 5270. The van der Waals surface area contributed by atoms with Gasteiger partial charge >= 0.3 is 30.9 Å². The van der Waals surface area contributed by atoms with Crippen LogP contribution in [0.4, 0.5) is 17.5 Å². The number of carbonyl (C=O) groups is 3. The molecule has 32 nitrogen and oxygen atoms in total. The summed E-state index contributed by atoms with van der Waals surface area (Å²) >= 11 is 16.6. The number of nitrogens with one attached hydrogen (secondary N) is 3. The van der Waals surface area contributed by atoms with Crippen LogP contribution in [0.25, 0.3) is 0 Å². The largest absolute Gasteiger partial charge is 0.393 e. The maximum atomic E-state index is 13.6. The number of imidazole rings is 1. The number of aliphatic hydroxyl groups is 3. The second-order valence-electron chi connectivity index (χ2n) is 27.5. The third-order valence-electron chi connectivity index (χ3n) is 19.8. The number of ether oxygens (including phenoxy) is 2. The number of hydrogen-bond acceptors (Lipinski definition) is 31. The van der Waals surface area contributed by atoms with E-state index >= 15 is 0 Å². The lowest BCUT2D eigenvalue weighted by Crippen LogP contribution is -2.24. The highest BCUT2D eigenvalue weighted by atomic mass is 35.5. The summed E-state index contributed by atoms with van der Waals surface area (Å²) in [5, 5.41) is 57.9. The van der Waals surface area contributed by atoms with E-state index in [2.05, 4.69) is 92.0 Å². The smallest absolute Gasteiger partial charge is 0.333 e. The maximum absolute atomic E-state index is 13.6. The number of benzene rings is 2. The molecule has 3 aliphatic carbocycles. The van der Waals surface area contributed by atoms with Gasteiger partial charge in [0.2, 0.25) is 17.3 Å². The Morgan fingerprint density at radius 1 is 0.600 bits per heavy atom. The zero-order valence-electron chi connectivity index (χ0n) is 59.0. The first-order valence-electron chi connectivity index (χ1n) is 34.6. The van der Waals surface area contributed by atoms with Crippen LogP contribution in [-0.4, -0.2) is 172 Å². The number of carbonyl (C=O) groups excluding carboxylic acids is 3. The van der Waals surface area contributed by atoms with Gasteiger partial charge in [0.15, 0.2) is 0 Å². The molecule has 0 radical (unpaired) electrons. The minimum absolute atomic E-state index is 0.0973. The molecule has 110 heavy (non-hydrogen) atoms. The molecule has 6 aliphatic rings. The van der Waals surface area contributed by atoms with E-state index < -0.39 is 73.1 Å². The second kappa shape index (κ2) is 34.0. The van der Waals surface area contributed by atoms with Crippen molar-refractivity contribution >= 4 is 123 Å². The molecule has 9 aromatic rings. The van der Waals surface area contributed by atoms with Gasteiger partial charge in [-0.2, -0.15) is 25.3 Å². The monoisotopic (exact) mass is 1660 g/mol. The maximum Gasteiger partial charge on any atom is 0.333 e. The SMILES string of the molecule is CN1Cc2ccccc2C1c1csc(C(=O)c2cncnc2N[C@@H]2C[C@H](COS(N)(=O)=O)[C@@H](O)C2)c1.Cc1cn2c(n1)C(c1cc(C(=O)c3cncnc3N[C@@H]3C[C@H](COS(N)(=O)=O)[C@@H](O)C3)sc1C)OCC2.NS(=O)(=O)OC[C@H]1C[C@@H](Nc2ncncc2C(=O)c2cc(C3OCc4ccc(Cl)cc43)c(Cl)s2)C[C@@H]1O. The molecule has 0 bridgehead atoms. The number of nitrogens with zero attached hydrogens (tertiary/aromatic N) is 9. The normalized spacial score (nSPS) is 23.7. The molecule has 0 spiro atoms. The summed E-state index contributed by atoms with van der Waals surface area (Å²) in [5.41, 5.74) is 8.92. The van der Waals surface area contributed by atoms with E-state index in [1.165, 1.54) is 71.4 Å². The van der Waals surface area contributed by atoms with Gasteiger partial charge in [0, 0.05) is 94.8 Å². The highest BCUT2D eigenvalue weighted by Crippen LogP contribution is 2.45. The van der Waals surface area contributed by atoms with Crippen LogP contribution >= 0.6 is 57.2 Å². The van der Waals surface area contributed by atoms with E-state index in [4.69, 9.17) is 48.1 Å². The van der Waals surface area contributed by atoms with Gasteiger partial charge in [0.25, 0.3) is 0 Å². The lowest BCUT2D eigenvalue weighted by atomic mass is 9.99. The lowest BCUT2D eigenvalue weighted by molar-refractivity contribution is 0.0429. The topological polar surface area (TPSA) is 473 Å². The first-order chi connectivity index (χ1) is 52.4. The van der Waals surface area contributed by atoms with Crippen LogP contribution in [0, 0.1) is 31.6 Å². The second-order valence-corrected chi connectivity index (χ2v) is 35.5. The van der Waals surface area contributed by atoms with Crippen molar-refractivity contribution in [3.63, 3.8) is 0 Å². The van der Waals surface area contributed by atoms with Crippen molar-refractivity contribution < 1.29 is 77.0 Å². The van der Waals surface area contributed by atoms with Gasteiger partial charge in [-0.3, -0.25) is 31.8 Å². The van der Waals surface area contributed by atoms with Gasteiger partial charge in [-0.05, 0) is 123 Å². The number of thiophene rings is 3. The van der Waals surface area contributed by atoms with Crippen molar-refractivity contribution in [3.05, 3.63) is 206 Å². The summed E-state index contributed by atoms with van der Waals surface area (Å²) < 4.78 is 95.0. The number of fused-ring (bicyclic) bond motifs is 3. The van der Waals surface area contributed by atoms with Gasteiger partial charge in [0.05, 0.1) is 98.7 Å². The quantitative estimate of drug-likeness (QED) is 0.0274. The molecule has 0 amide bonds. The van der Waals surface area contributed by atoms with Gasteiger partial charge in [0.1, 0.15) is 54.5 Å². The summed E-state index contributed by atoms with van der Waals surface area (Å²) in [7, 11) is -10.2. The summed E-state index contributed by atoms with van der Waals surface area (Å²) in [6, 6.07) is 18.8. The molecular weight excluding hydrogens is 1590 g/mol. The van der Waals surface area contributed by atoms with Crippen molar-refractivity contribution in [2.75, 3.05) is 49.4 Å².